The van der Waals surface area contributed by atoms with Crippen molar-refractivity contribution >= 4 is 15.7 Å². The highest BCUT2D eigenvalue weighted by Crippen LogP contribution is 2.25. The minimum Gasteiger partial charge on any atom is -0.399 e. The Hall–Kier alpha value is -1.11. The van der Waals surface area contributed by atoms with Crippen LogP contribution >= 0.6 is 0 Å². The highest BCUT2D eigenvalue weighted by Gasteiger charge is 2.38. The molecule has 2 N–H and O–H groups in total. The molecule has 2 rings (SSSR count). The van der Waals surface area contributed by atoms with Gasteiger partial charge in [0.2, 0.25) is 10.0 Å². The first-order chi connectivity index (χ1) is 8.81. The fourth-order valence-electron chi connectivity index (χ4n) is 2.33. The zero-order chi connectivity index (χ0) is 14.1. The maximum absolute atomic E-state index is 12.5. The highest BCUT2D eigenvalue weighted by atomic mass is 32.2. The van der Waals surface area contributed by atoms with Gasteiger partial charge in [0, 0.05) is 12.2 Å². The number of sulfonamides is 1. The number of ether oxygens (including phenoxy) is 1. The average molecular weight is 284 g/mol. The standard InChI is InChI=1S/C13H20N2O3S/c1-13(2)10-18-7-6-15(13)19(16,17)9-11-4-3-5-12(14)8-11/h3-5,8H,6-7,9-10,14H2,1-2H3. The minimum atomic E-state index is -3.36. The molecule has 5 nitrogen and oxygen atoms in total. The molecule has 0 unspecified atom stereocenters. The topological polar surface area (TPSA) is 72.6 Å². The van der Waals surface area contributed by atoms with Gasteiger partial charge in [0.1, 0.15) is 0 Å². The molecule has 1 saturated heterocycles. The molecule has 1 aliphatic rings. The van der Waals surface area contributed by atoms with Gasteiger partial charge in [-0.25, -0.2) is 8.42 Å². The van der Waals surface area contributed by atoms with E-state index in [0.717, 1.165) is 0 Å². The Balaban J connectivity index is 2.22. The van der Waals surface area contributed by atoms with Crippen LogP contribution in [0.3, 0.4) is 0 Å². The quantitative estimate of drug-likeness (QED) is 0.847. The van der Waals surface area contributed by atoms with Crippen LogP contribution in [0.5, 0.6) is 0 Å². The number of nitrogens with two attached hydrogens (primary N) is 1. The van der Waals surface area contributed by atoms with E-state index >= 15 is 0 Å². The molecule has 6 heteroatoms. The Kier molecular flexibility index (Phi) is 3.85. The van der Waals surface area contributed by atoms with E-state index in [1.54, 1.807) is 24.3 Å². The molecule has 106 valence electrons. The molecule has 19 heavy (non-hydrogen) atoms. The molecule has 1 heterocycles. The molecule has 0 bridgehead atoms. The van der Waals surface area contributed by atoms with Gasteiger partial charge in [-0.2, -0.15) is 4.31 Å². The van der Waals surface area contributed by atoms with Gasteiger partial charge in [-0.05, 0) is 31.5 Å². The number of nitrogen functional groups attached to an aromatic ring is 1. The number of nitrogens with zero attached hydrogens (tertiary/aromatic N) is 1. The molecule has 0 aromatic heterocycles. The third-order valence-corrected chi connectivity index (χ3v) is 5.25. The summed E-state index contributed by atoms with van der Waals surface area (Å²) in [4.78, 5) is 0. The largest absolute Gasteiger partial charge is 0.399 e. The highest BCUT2D eigenvalue weighted by molar-refractivity contribution is 7.88. The molecule has 1 aliphatic heterocycles. The van der Waals surface area contributed by atoms with Crippen LogP contribution < -0.4 is 5.73 Å². The summed E-state index contributed by atoms with van der Waals surface area (Å²) < 4.78 is 31.9. The monoisotopic (exact) mass is 284 g/mol. The van der Waals surface area contributed by atoms with Gasteiger partial charge in [0.05, 0.1) is 24.5 Å². The average Bonchev–Trinajstić information content (AvgIpc) is 2.27. The second-order valence-electron chi connectivity index (χ2n) is 5.44. The Morgan fingerprint density at radius 3 is 2.79 bits per heavy atom. The van der Waals surface area contributed by atoms with Crippen LogP contribution in [0.4, 0.5) is 5.69 Å². The second kappa shape index (κ2) is 5.11. The molecule has 0 radical (unpaired) electrons. The van der Waals surface area contributed by atoms with Gasteiger partial charge in [-0.1, -0.05) is 12.1 Å². The lowest BCUT2D eigenvalue weighted by atomic mass is 10.1. The first-order valence-corrected chi connectivity index (χ1v) is 7.85. The molecular formula is C13H20N2O3S. The molecule has 0 atom stereocenters. The van der Waals surface area contributed by atoms with Crippen LogP contribution in [0.15, 0.2) is 24.3 Å². The van der Waals surface area contributed by atoms with Crippen molar-refractivity contribution in [3.05, 3.63) is 29.8 Å². The Bertz CT molecular complexity index is 555. The summed E-state index contributed by atoms with van der Waals surface area (Å²) in [6, 6.07) is 6.99. The van der Waals surface area contributed by atoms with Crippen molar-refractivity contribution in [3.63, 3.8) is 0 Å². The number of hydrogen-bond acceptors (Lipinski definition) is 4. The van der Waals surface area contributed by atoms with Crippen LogP contribution in [0.25, 0.3) is 0 Å². The third kappa shape index (κ3) is 3.26. The Morgan fingerprint density at radius 2 is 2.16 bits per heavy atom. The lowest BCUT2D eigenvalue weighted by molar-refractivity contribution is -0.00777. The van der Waals surface area contributed by atoms with Gasteiger partial charge in [-0.15, -0.1) is 0 Å². The van der Waals surface area contributed by atoms with Crippen molar-refractivity contribution < 1.29 is 13.2 Å². The predicted octanol–water partition coefficient (Wildman–Crippen LogP) is 1.21. The fourth-order valence-corrected chi connectivity index (χ4v) is 4.25. The molecule has 0 amide bonds. The van der Waals surface area contributed by atoms with Gasteiger partial charge in [0.15, 0.2) is 0 Å². The van der Waals surface area contributed by atoms with E-state index in [1.165, 1.54) is 4.31 Å². The van der Waals surface area contributed by atoms with E-state index in [9.17, 15) is 8.42 Å². The Labute approximate surface area is 114 Å². The fraction of sp³-hybridized carbons (Fsp3) is 0.538. The van der Waals surface area contributed by atoms with Gasteiger partial charge < -0.3 is 10.5 Å². The third-order valence-electron chi connectivity index (χ3n) is 3.21. The van der Waals surface area contributed by atoms with E-state index in [1.807, 2.05) is 13.8 Å². The van der Waals surface area contributed by atoms with Gasteiger partial charge >= 0.3 is 0 Å². The summed E-state index contributed by atoms with van der Waals surface area (Å²) in [5.41, 5.74) is 6.47. The molecule has 1 aromatic rings. The summed E-state index contributed by atoms with van der Waals surface area (Å²) in [5, 5.41) is 0. The molecule has 1 aromatic carbocycles. The lowest BCUT2D eigenvalue weighted by Crippen LogP contribution is -2.55. The van der Waals surface area contributed by atoms with Crippen LogP contribution in [0.1, 0.15) is 19.4 Å². The number of rotatable bonds is 3. The lowest BCUT2D eigenvalue weighted by Gasteiger charge is -2.40. The van der Waals surface area contributed by atoms with Crippen LogP contribution in [-0.4, -0.2) is 38.0 Å². The predicted molar refractivity (Wildman–Crippen MR) is 75.1 cm³/mol. The van der Waals surface area contributed by atoms with Crippen molar-refractivity contribution in [3.8, 4) is 0 Å². The SMILES string of the molecule is CC1(C)COCCN1S(=O)(=O)Cc1cccc(N)c1. The summed E-state index contributed by atoms with van der Waals surface area (Å²) in [5.74, 6) is -0.0263. The van der Waals surface area contributed by atoms with E-state index < -0.39 is 15.6 Å². The maximum atomic E-state index is 12.5. The normalized spacial score (nSPS) is 20.3. The van der Waals surface area contributed by atoms with Crippen LogP contribution in [0.2, 0.25) is 0 Å². The van der Waals surface area contributed by atoms with Crippen molar-refractivity contribution in [2.24, 2.45) is 0 Å². The van der Waals surface area contributed by atoms with Gasteiger partial charge in [-0.3, -0.25) is 0 Å². The van der Waals surface area contributed by atoms with Crippen LogP contribution in [-0.2, 0) is 20.5 Å². The summed E-state index contributed by atoms with van der Waals surface area (Å²) in [7, 11) is -3.36. The zero-order valence-corrected chi connectivity index (χ0v) is 12.1. The number of morpholine rings is 1. The van der Waals surface area contributed by atoms with Crippen molar-refractivity contribution in [1.82, 2.24) is 4.31 Å². The number of hydrogen-bond donors (Lipinski definition) is 1. The molecular weight excluding hydrogens is 264 g/mol. The van der Waals surface area contributed by atoms with E-state index in [4.69, 9.17) is 10.5 Å². The smallest absolute Gasteiger partial charge is 0.218 e. The minimum absolute atomic E-state index is 0.0263. The first-order valence-electron chi connectivity index (χ1n) is 6.24. The summed E-state index contributed by atoms with van der Waals surface area (Å²) in [6.45, 7) is 5.02. The van der Waals surface area contributed by atoms with Crippen molar-refractivity contribution in [2.75, 3.05) is 25.5 Å². The Morgan fingerprint density at radius 1 is 1.42 bits per heavy atom. The van der Waals surface area contributed by atoms with E-state index in [2.05, 4.69) is 0 Å². The first kappa shape index (κ1) is 14.3. The van der Waals surface area contributed by atoms with E-state index in [0.29, 0.717) is 31.0 Å². The van der Waals surface area contributed by atoms with Crippen molar-refractivity contribution in [2.45, 2.75) is 25.1 Å². The molecule has 1 fully saturated rings. The number of benzene rings is 1. The van der Waals surface area contributed by atoms with Gasteiger partial charge in [0.25, 0.3) is 0 Å². The maximum Gasteiger partial charge on any atom is 0.218 e. The molecule has 0 aliphatic carbocycles. The van der Waals surface area contributed by atoms with E-state index in [-0.39, 0.29) is 5.75 Å². The zero-order valence-electron chi connectivity index (χ0n) is 11.3. The van der Waals surface area contributed by atoms with Crippen molar-refractivity contribution in [1.29, 1.82) is 0 Å². The molecule has 0 spiro atoms. The summed E-state index contributed by atoms with van der Waals surface area (Å²) >= 11 is 0. The summed E-state index contributed by atoms with van der Waals surface area (Å²) in [6.07, 6.45) is 0. The van der Waals surface area contributed by atoms with Crippen LogP contribution in [0, 0.1) is 0 Å². The second-order valence-corrected chi connectivity index (χ2v) is 7.33. The number of anilines is 1. The molecule has 0 saturated carbocycles.